The van der Waals surface area contributed by atoms with E-state index in [1.54, 1.807) is 12.2 Å². The van der Waals surface area contributed by atoms with Gasteiger partial charge in [0.05, 0.1) is 0 Å². The quantitative estimate of drug-likeness (QED) is 0.343. The maximum Gasteiger partial charge on any atom is 0.336 e. The topological polar surface area (TPSA) is 26.3 Å². The Morgan fingerprint density at radius 2 is 1.76 bits per heavy atom. The summed E-state index contributed by atoms with van der Waals surface area (Å²) < 4.78 is 5.34. The first kappa shape index (κ1) is 13.2. The number of benzene rings is 1. The van der Waals surface area contributed by atoms with Crippen LogP contribution in [0.15, 0.2) is 36.4 Å². The van der Waals surface area contributed by atoms with Crippen LogP contribution in [0.25, 0.3) is 0 Å². The van der Waals surface area contributed by atoms with Gasteiger partial charge in [-0.05, 0) is 44.4 Å². The van der Waals surface area contributed by atoms with E-state index in [4.69, 9.17) is 4.74 Å². The van der Waals surface area contributed by atoms with Gasteiger partial charge in [0.2, 0.25) is 0 Å². The van der Waals surface area contributed by atoms with Gasteiger partial charge >= 0.3 is 5.97 Å². The zero-order valence-corrected chi connectivity index (χ0v) is 10.8. The molecule has 0 aliphatic rings. The molecule has 0 atom stereocenters. The van der Waals surface area contributed by atoms with E-state index in [1.165, 1.54) is 6.08 Å². The van der Waals surface area contributed by atoms with Crippen molar-refractivity contribution in [3.05, 3.63) is 53.1 Å². The van der Waals surface area contributed by atoms with Crippen molar-refractivity contribution in [2.75, 3.05) is 0 Å². The number of carbonyl (C=O) groups excluding carboxylic acids is 1. The van der Waals surface area contributed by atoms with E-state index >= 15 is 0 Å². The highest BCUT2D eigenvalue weighted by Crippen LogP contribution is 2.25. The Balaban J connectivity index is 2.88. The largest absolute Gasteiger partial charge is 0.423 e. The van der Waals surface area contributed by atoms with Crippen molar-refractivity contribution in [1.29, 1.82) is 0 Å². The lowest BCUT2D eigenvalue weighted by Gasteiger charge is -2.10. The molecule has 0 saturated carbocycles. The Morgan fingerprint density at radius 1 is 1.12 bits per heavy atom. The summed E-state index contributed by atoms with van der Waals surface area (Å²) in [4.78, 5) is 11.6. The second-order valence-electron chi connectivity index (χ2n) is 3.96. The molecular weight excluding hydrogens is 212 g/mol. The number of ether oxygens (including phenoxy) is 1. The second-order valence-corrected chi connectivity index (χ2v) is 3.96. The molecule has 0 fully saturated rings. The van der Waals surface area contributed by atoms with Crippen LogP contribution in [0.3, 0.4) is 0 Å². The van der Waals surface area contributed by atoms with Gasteiger partial charge in [0.1, 0.15) is 5.75 Å². The van der Waals surface area contributed by atoms with Crippen molar-refractivity contribution in [2.24, 2.45) is 0 Å². The average Bonchev–Trinajstić information content (AvgIpc) is 2.30. The van der Waals surface area contributed by atoms with Crippen molar-refractivity contribution >= 4 is 5.97 Å². The first-order valence-electron chi connectivity index (χ1n) is 5.64. The minimum atomic E-state index is -0.347. The molecule has 2 nitrogen and oxygen atoms in total. The molecule has 1 rings (SSSR count). The zero-order valence-electron chi connectivity index (χ0n) is 10.8. The predicted octanol–water partition coefficient (Wildman–Crippen LogP) is 3.65. The standard InChI is InChI=1S/C15H18O2/c1-5-6-7-8-14(16)17-15-12(3)10-9-11(2)13(15)4/h5-10H,1-4H3. The first-order valence-corrected chi connectivity index (χ1v) is 5.64. The lowest BCUT2D eigenvalue weighted by atomic mass is 10.1. The molecule has 90 valence electrons. The van der Waals surface area contributed by atoms with Crippen LogP contribution in [0.5, 0.6) is 5.75 Å². The van der Waals surface area contributed by atoms with E-state index in [0.717, 1.165) is 16.7 Å². The molecule has 0 aliphatic carbocycles. The highest BCUT2D eigenvalue weighted by atomic mass is 16.5. The van der Waals surface area contributed by atoms with E-state index in [-0.39, 0.29) is 5.97 Å². The van der Waals surface area contributed by atoms with Crippen LogP contribution >= 0.6 is 0 Å². The van der Waals surface area contributed by atoms with E-state index in [2.05, 4.69) is 0 Å². The van der Waals surface area contributed by atoms with Crippen LogP contribution in [-0.2, 0) is 4.79 Å². The number of esters is 1. The normalized spacial score (nSPS) is 11.3. The fourth-order valence-electron chi connectivity index (χ4n) is 1.46. The van der Waals surface area contributed by atoms with Gasteiger partial charge in [0.25, 0.3) is 0 Å². The third-order valence-corrected chi connectivity index (χ3v) is 2.61. The molecule has 1 aromatic carbocycles. The van der Waals surface area contributed by atoms with Crippen molar-refractivity contribution < 1.29 is 9.53 Å². The second kappa shape index (κ2) is 6.04. The molecule has 0 unspecified atom stereocenters. The summed E-state index contributed by atoms with van der Waals surface area (Å²) in [6.07, 6.45) is 6.73. The van der Waals surface area contributed by atoms with Crippen molar-refractivity contribution in [3.63, 3.8) is 0 Å². The van der Waals surface area contributed by atoms with Gasteiger partial charge in [-0.2, -0.15) is 0 Å². The van der Waals surface area contributed by atoms with Gasteiger partial charge in [-0.3, -0.25) is 0 Å². The molecule has 0 radical (unpaired) electrons. The molecule has 0 amide bonds. The fourth-order valence-corrected chi connectivity index (χ4v) is 1.46. The van der Waals surface area contributed by atoms with Crippen molar-refractivity contribution in [3.8, 4) is 5.75 Å². The Hall–Kier alpha value is -1.83. The third-order valence-electron chi connectivity index (χ3n) is 2.61. The predicted molar refractivity (Wildman–Crippen MR) is 70.2 cm³/mol. The van der Waals surface area contributed by atoms with Crippen LogP contribution in [0.1, 0.15) is 23.6 Å². The minimum absolute atomic E-state index is 0.347. The van der Waals surface area contributed by atoms with Crippen LogP contribution in [0.2, 0.25) is 0 Å². The number of allylic oxidation sites excluding steroid dienone is 3. The zero-order chi connectivity index (χ0) is 12.8. The number of hydrogen-bond donors (Lipinski definition) is 0. The lowest BCUT2D eigenvalue weighted by molar-refractivity contribution is -0.129. The van der Waals surface area contributed by atoms with Gasteiger partial charge in [-0.15, -0.1) is 0 Å². The Kier molecular flexibility index (Phi) is 4.70. The third kappa shape index (κ3) is 3.59. The summed E-state index contributed by atoms with van der Waals surface area (Å²) in [5.74, 6) is 0.319. The highest BCUT2D eigenvalue weighted by molar-refractivity contribution is 5.84. The first-order chi connectivity index (χ1) is 8.06. The molecule has 0 heterocycles. The van der Waals surface area contributed by atoms with Crippen LogP contribution in [-0.4, -0.2) is 5.97 Å². The summed E-state index contributed by atoms with van der Waals surface area (Å²) in [5, 5.41) is 0. The molecule has 0 saturated heterocycles. The molecular formula is C15H18O2. The minimum Gasteiger partial charge on any atom is -0.423 e. The van der Waals surface area contributed by atoms with E-state index < -0.39 is 0 Å². The molecule has 0 aromatic heterocycles. The Morgan fingerprint density at radius 3 is 2.41 bits per heavy atom. The summed E-state index contributed by atoms with van der Waals surface area (Å²) in [7, 11) is 0. The summed E-state index contributed by atoms with van der Waals surface area (Å²) in [6.45, 7) is 7.79. The van der Waals surface area contributed by atoms with Gasteiger partial charge < -0.3 is 4.74 Å². The maximum atomic E-state index is 11.6. The van der Waals surface area contributed by atoms with Crippen LogP contribution < -0.4 is 4.74 Å². The van der Waals surface area contributed by atoms with Crippen molar-refractivity contribution in [2.45, 2.75) is 27.7 Å². The van der Waals surface area contributed by atoms with Gasteiger partial charge in [0, 0.05) is 6.08 Å². The molecule has 0 spiro atoms. The van der Waals surface area contributed by atoms with Gasteiger partial charge in [-0.25, -0.2) is 4.79 Å². The summed E-state index contributed by atoms with van der Waals surface area (Å²) in [5.41, 5.74) is 3.11. The summed E-state index contributed by atoms with van der Waals surface area (Å²) in [6, 6.07) is 3.98. The molecule has 2 heteroatoms. The molecule has 0 bridgehead atoms. The number of aryl methyl sites for hydroxylation is 2. The average molecular weight is 230 g/mol. The molecule has 17 heavy (non-hydrogen) atoms. The van der Waals surface area contributed by atoms with Crippen LogP contribution in [0.4, 0.5) is 0 Å². The monoisotopic (exact) mass is 230 g/mol. The Bertz CT molecular complexity index is 468. The van der Waals surface area contributed by atoms with Gasteiger partial charge in [-0.1, -0.05) is 30.4 Å². The lowest BCUT2D eigenvalue weighted by Crippen LogP contribution is -2.06. The SMILES string of the molecule is CC=CC=CC(=O)Oc1c(C)ccc(C)c1C. The number of carbonyl (C=O) groups is 1. The number of rotatable bonds is 3. The Labute approximate surface area is 103 Å². The van der Waals surface area contributed by atoms with E-state index in [0.29, 0.717) is 5.75 Å². The van der Waals surface area contributed by atoms with Gasteiger partial charge in [0.15, 0.2) is 0 Å². The molecule has 0 aliphatic heterocycles. The smallest absolute Gasteiger partial charge is 0.336 e. The van der Waals surface area contributed by atoms with Crippen molar-refractivity contribution in [1.82, 2.24) is 0 Å². The highest BCUT2D eigenvalue weighted by Gasteiger charge is 2.09. The maximum absolute atomic E-state index is 11.6. The molecule has 0 N–H and O–H groups in total. The number of hydrogen-bond acceptors (Lipinski definition) is 2. The molecule has 1 aromatic rings. The fraction of sp³-hybridized carbons (Fsp3) is 0.267. The van der Waals surface area contributed by atoms with E-state index in [9.17, 15) is 4.79 Å². The summed E-state index contributed by atoms with van der Waals surface area (Å²) >= 11 is 0. The van der Waals surface area contributed by atoms with Crippen LogP contribution in [0, 0.1) is 20.8 Å². The van der Waals surface area contributed by atoms with E-state index in [1.807, 2.05) is 45.9 Å².